The lowest BCUT2D eigenvalue weighted by molar-refractivity contribution is -0.137. The first-order chi connectivity index (χ1) is 9.29. The molecule has 4 nitrogen and oxygen atoms in total. The van der Waals surface area contributed by atoms with Gasteiger partial charge in [-0.15, -0.1) is 0 Å². The van der Waals surface area contributed by atoms with Crippen LogP contribution in [0.15, 0.2) is 18.2 Å². The van der Waals surface area contributed by atoms with Crippen molar-refractivity contribution in [2.75, 3.05) is 11.9 Å². The molecule has 0 aliphatic heterocycles. The molecule has 5 N–H and O–H groups in total. The minimum Gasteiger partial charge on any atom is -0.383 e. The standard InChI is InChI=1S/C13H16F3N3O/c14-13(15,16)8-3-4-11(9(5-8)12(18)20)19-6-10(17)7-1-2-7/h3-5,7,10,19H,1-2,6,17H2,(H2,18,20). The molecule has 1 aromatic rings. The Balaban J connectivity index is 2.16. The highest BCUT2D eigenvalue weighted by molar-refractivity contribution is 5.98. The highest BCUT2D eigenvalue weighted by atomic mass is 19.4. The second-order valence-electron chi connectivity index (χ2n) is 5.00. The Bertz CT molecular complexity index is 512. The van der Waals surface area contributed by atoms with Crippen LogP contribution in [0.4, 0.5) is 18.9 Å². The van der Waals surface area contributed by atoms with Crippen LogP contribution in [0.2, 0.25) is 0 Å². The zero-order valence-corrected chi connectivity index (χ0v) is 10.7. The van der Waals surface area contributed by atoms with Crippen LogP contribution in [-0.4, -0.2) is 18.5 Å². The Morgan fingerprint density at radius 2 is 2.05 bits per heavy atom. The normalized spacial score (nSPS) is 16.8. The van der Waals surface area contributed by atoms with Gasteiger partial charge < -0.3 is 16.8 Å². The van der Waals surface area contributed by atoms with E-state index in [4.69, 9.17) is 11.5 Å². The maximum atomic E-state index is 12.6. The molecule has 1 atom stereocenters. The third kappa shape index (κ3) is 3.41. The van der Waals surface area contributed by atoms with Crippen molar-refractivity contribution in [3.05, 3.63) is 29.3 Å². The number of hydrogen-bond donors (Lipinski definition) is 3. The van der Waals surface area contributed by atoms with Crippen molar-refractivity contribution in [3.8, 4) is 0 Å². The fraction of sp³-hybridized carbons (Fsp3) is 0.462. The average molecular weight is 287 g/mol. The molecule has 1 aromatic carbocycles. The van der Waals surface area contributed by atoms with Crippen molar-refractivity contribution in [1.82, 2.24) is 0 Å². The van der Waals surface area contributed by atoms with Crippen LogP contribution in [0.3, 0.4) is 0 Å². The summed E-state index contributed by atoms with van der Waals surface area (Å²) in [7, 11) is 0. The third-order valence-electron chi connectivity index (χ3n) is 3.37. The summed E-state index contributed by atoms with van der Waals surface area (Å²) in [4.78, 5) is 11.3. The SMILES string of the molecule is NC(=O)c1cc(C(F)(F)F)ccc1NCC(N)C1CC1. The second kappa shape index (κ2) is 5.32. The quantitative estimate of drug-likeness (QED) is 0.774. The number of benzene rings is 1. The maximum Gasteiger partial charge on any atom is 0.416 e. The van der Waals surface area contributed by atoms with Crippen molar-refractivity contribution >= 4 is 11.6 Å². The molecule has 1 aliphatic rings. The van der Waals surface area contributed by atoms with Crippen LogP contribution in [0, 0.1) is 5.92 Å². The summed E-state index contributed by atoms with van der Waals surface area (Å²) < 4.78 is 37.8. The molecular formula is C13H16F3N3O. The van der Waals surface area contributed by atoms with Crippen LogP contribution in [-0.2, 0) is 6.18 Å². The lowest BCUT2D eigenvalue weighted by atomic mass is 10.1. The molecule has 110 valence electrons. The first kappa shape index (κ1) is 14.6. The van der Waals surface area contributed by atoms with E-state index in [1.165, 1.54) is 6.07 Å². The molecule has 0 heterocycles. The molecule has 0 radical (unpaired) electrons. The van der Waals surface area contributed by atoms with E-state index >= 15 is 0 Å². The number of alkyl halides is 3. The highest BCUT2D eigenvalue weighted by Crippen LogP contribution is 2.33. The number of hydrogen-bond acceptors (Lipinski definition) is 3. The van der Waals surface area contributed by atoms with Gasteiger partial charge in [-0.1, -0.05) is 0 Å². The van der Waals surface area contributed by atoms with Gasteiger partial charge >= 0.3 is 6.18 Å². The molecule has 0 bridgehead atoms. The van der Waals surface area contributed by atoms with E-state index in [-0.39, 0.29) is 17.3 Å². The van der Waals surface area contributed by atoms with Crippen molar-refractivity contribution in [2.24, 2.45) is 17.4 Å². The van der Waals surface area contributed by atoms with Gasteiger partial charge in [-0.3, -0.25) is 4.79 Å². The van der Waals surface area contributed by atoms with Crippen molar-refractivity contribution in [1.29, 1.82) is 0 Å². The number of nitrogens with two attached hydrogens (primary N) is 2. The molecular weight excluding hydrogens is 271 g/mol. The molecule has 1 amide bonds. The number of nitrogens with one attached hydrogen (secondary N) is 1. The average Bonchev–Trinajstić information content (AvgIpc) is 3.18. The van der Waals surface area contributed by atoms with Crippen LogP contribution in [0.25, 0.3) is 0 Å². The maximum absolute atomic E-state index is 12.6. The zero-order valence-electron chi connectivity index (χ0n) is 10.7. The van der Waals surface area contributed by atoms with Crippen LogP contribution >= 0.6 is 0 Å². The van der Waals surface area contributed by atoms with Gasteiger partial charge in [0.05, 0.1) is 11.1 Å². The van der Waals surface area contributed by atoms with Gasteiger partial charge in [0.15, 0.2) is 0 Å². The summed E-state index contributed by atoms with van der Waals surface area (Å²) in [6, 6.07) is 2.81. The molecule has 20 heavy (non-hydrogen) atoms. The molecule has 1 saturated carbocycles. The predicted molar refractivity (Wildman–Crippen MR) is 69.2 cm³/mol. The smallest absolute Gasteiger partial charge is 0.383 e. The number of primary amides is 1. The van der Waals surface area contributed by atoms with Crippen LogP contribution in [0.5, 0.6) is 0 Å². The minimum absolute atomic E-state index is 0.0713. The monoisotopic (exact) mass is 287 g/mol. The van der Waals surface area contributed by atoms with E-state index in [1.807, 2.05) is 0 Å². The van der Waals surface area contributed by atoms with E-state index in [9.17, 15) is 18.0 Å². The van der Waals surface area contributed by atoms with Gasteiger partial charge in [-0.2, -0.15) is 13.2 Å². The van der Waals surface area contributed by atoms with Crippen molar-refractivity contribution < 1.29 is 18.0 Å². The zero-order chi connectivity index (χ0) is 14.9. The van der Waals surface area contributed by atoms with Gasteiger partial charge in [-0.05, 0) is 37.0 Å². The first-order valence-electron chi connectivity index (χ1n) is 6.29. The molecule has 0 saturated heterocycles. The number of rotatable bonds is 5. The first-order valence-corrected chi connectivity index (χ1v) is 6.29. The molecule has 0 spiro atoms. The second-order valence-corrected chi connectivity index (χ2v) is 5.00. The van der Waals surface area contributed by atoms with Crippen LogP contribution in [0.1, 0.15) is 28.8 Å². The van der Waals surface area contributed by atoms with Crippen LogP contribution < -0.4 is 16.8 Å². The lowest BCUT2D eigenvalue weighted by Gasteiger charge is -2.16. The summed E-state index contributed by atoms with van der Waals surface area (Å²) in [5.41, 5.74) is 10.2. The van der Waals surface area contributed by atoms with Gasteiger partial charge in [0.1, 0.15) is 0 Å². The fourth-order valence-corrected chi connectivity index (χ4v) is 2.00. The van der Waals surface area contributed by atoms with E-state index < -0.39 is 17.6 Å². The van der Waals surface area contributed by atoms with Crippen molar-refractivity contribution in [3.63, 3.8) is 0 Å². The van der Waals surface area contributed by atoms with Gasteiger partial charge in [0.25, 0.3) is 5.91 Å². The summed E-state index contributed by atoms with van der Waals surface area (Å²) in [5.74, 6) is -0.451. The Hall–Kier alpha value is -1.76. The summed E-state index contributed by atoms with van der Waals surface area (Å²) in [5, 5.41) is 2.90. The van der Waals surface area contributed by atoms with E-state index in [0.29, 0.717) is 12.5 Å². The molecule has 7 heteroatoms. The number of amides is 1. The predicted octanol–water partition coefficient (Wildman–Crippen LogP) is 1.95. The van der Waals surface area contributed by atoms with E-state index in [0.717, 1.165) is 25.0 Å². The van der Waals surface area contributed by atoms with Crippen molar-refractivity contribution in [2.45, 2.75) is 25.1 Å². The van der Waals surface area contributed by atoms with Gasteiger partial charge in [0.2, 0.25) is 0 Å². The molecule has 1 aliphatic carbocycles. The Labute approximate surface area is 114 Å². The fourth-order valence-electron chi connectivity index (χ4n) is 2.00. The van der Waals surface area contributed by atoms with Gasteiger partial charge in [0, 0.05) is 18.3 Å². The minimum atomic E-state index is -4.51. The Morgan fingerprint density at radius 1 is 1.40 bits per heavy atom. The molecule has 0 aromatic heterocycles. The largest absolute Gasteiger partial charge is 0.416 e. The Morgan fingerprint density at radius 3 is 2.55 bits per heavy atom. The molecule has 1 unspecified atom stereocenters. The topological polar surface area (TPSA) is 81.1 Å². The molecule has 2 rings (SSSR count). The Kier molecular flexibility index (Phi) is 3.89. The number of anilines is 1. The number of carbonyl (C=O) groups is 1. The van der Waals surface area contributed by atoms with E-state index in [1.54, 1.807) is 0 Å². The van der Waals surface area contributed by atoms with E-state index in [2.05, 4.69) is 5.32 Å². The van der Waals surface area contributed by atoms with Gasteiger partial charge in [-0.25, -0.2) is 0 Å². The summed E-state index contributed by atoms with van der Waals surface area (Å²) in [6.45, 7) is 0.399. The highest BCUT2D eigenvalue weighted by Gasteiger charge is 2.32. The summed E-state index contributed by atoms with van der Waals surface area (Å²) >= 11 is 0. The lowest BCUT2D eigenvalue weighted by Crippen LogP contribution is -2.31. The summed E-state index contributed by atoms with van der Waals surface area (Å²) in [6.07, 6.45) is -2.37. The third-order valence-corrected chi connectivity index (χ3v) is 3.37. The number of carbonyl (C=O) groups excluding carboxylic acids is 1. The molecule has 1 fully saturated rings. The number of halogens is 3.